The second kappa shape index (κ2) is 7.24. The fourth-order valence-corrected chi connectivity index (χ4v) is 2.97. The summed E-state index contributed by atoms with van der Waals surface area (Å²) in [6, 6.07) is 5.69. The van der Waals surface area contributed by atoms with Crippen LogP contribution in [0.25, 0.3) is 0 Å². The minimum Gasteiger partial charge on any atom is -0.383 e. The molecule has 4 heteroatoms. The quantitative estimate of drug-likeness (QED) is 0.744. The van der Waals surface area contributed by atoms with Crippen molar-refractivity contribution in [2.75, 3.05) is 26.8 Å². The van der Waals surface area contributed by atoms with E-state index in [2.05, 4.69) is 34.7 Å². The van der Waals surface area contributed by atoms with Crippen LogP contribution in [0.15, 0.2) is 17.5 Å². The van der Waals surface area contributed by atoms with Gasteiger partial charge in [-0.3, -0.25) is 4.90 Å². The first-order chi connectivity index (χ1) is 8.81. The normalized spacial score (nSPS) is 17.3. The lowest BCUT2D eigenvalue weighted by Gasteiger charge is -2.29. The molecule has 1 atom stereocenters. The molecule has 1 aliphatic rings. The highest BCUT2D eigenvalue weighted by molar-refractivity contribution is 7.09. The van der Waals surface area contributed by atoms with E-state index in [9.17, 15) is 0 Å². The first-order valence-corrected chi connectivity index (χ1v) is 7.67. The topological polar surface area (TPSA) is 24.5 Å². The summed E-state index contributed by atoms with van der Waals surface area (Å²) < 4.78 is 5.20. The van der Waals surface area contributed by atoms with Gasteiger partial charge in [-0.1, -0.05) is 6.07 Å². The first kappa shape index (κ1) is 14.0. The van der Waals surface area contributed by atoms with E-state index < -0.39 is 0 Å². The largest absolute Gasteiger partial charge is 0.383 e. The number of rotatable bonds is 9. The first-order valence-electron chi connectivity index (χ1n) is 6.79. The summed E-state index contributed by atoms with van der Waals surface area (Å²) in [4.78, 5) is 4.00. The van der Waals surface area contributed by atoms with E-state index in [1.165, 1.54) is 17.7 Å². The van der Waals surface area contributed by atoms with Gasteiger partial charge in [-0.25, -0.2) is 0 Å². The van der Waals surface area contributed by atoms with Gasteiger partial charge in [-0.15, -0.1) is 11.3 Å². The molecule has 1 aromatic rings. The molecule has 1 N–H and O–H groups in total. The molecule has 2 rings (SSSR count). The molecule has 3 nitrogen and oxygen atoms in total. The van der Waals surface area contributed by atoms with Gasteiger partial charge in [-0.05, 0) is 31.2 Å². The maximum Gasteiger partial charge on any atom is 0.0589 e. The third kappa shape index (κ3) is 4.35. The molecule has 1 saturated carbocycles. The van der Waals surface area contributed by atoms with Crippen molar-refractivity contribution in [3.8, 4) is 0 Å². The minimum absolute atomic E-state index is 0.590. The summed E-state index contributed by atoms with van der Waals surface area (Å²) in [6.45, 7) is 6.26. The van der Waals surface area contributed by atoms with Crippen LogP contribution in [0.5, 0.6) is 0 Å². The molecule has 1 aliphatic carbocycles. The maximum atomic E-state index is 5.20. The van der Waals surface area contributed by atoms with E-state index in [0.717, 1.165) is 32.3 Å². The van der Waals surface area contributed by atoms with Crippen LogP contribution < -0.4 is 5.32 Å². The van der Waals surface area contributed by atoms with Crippen molar-refractivity contribution >= 4 is 11.3 Å². The van der Waals surface area contributed by atoms with Crippen LogP contribution in [0.1, 0.15) is 24.6 Å². The lowest BCUT2D eigenvalue weighted by atomic mass is 10.2. The SMILES string of the molecule is COCCN(C(C)CNCc1cccs1)C1CC1. The Hall–Kier alpha value is -0.420. The zero-order valence-electron chi connectivity index (χ0n) is 11.4. The molecule has 1 aromatic heterocycles. The number of methoxy groups -OCH3 is 1. The summed E-state index contributed by atoms with van der Waals surface area (Å²) in [5.41, 5.74) is 0. The second-order valence-corrected chi connectivity index (χ2v) is 6.05. The van der Waals surface area contributed by atoms with Crippen LogP contribution >= 0.6 is 11.3 Å². The number of nitrogens with zero attached hydrogens (tertiary/aromatic N) is 1. The Morgan fingerprint density at radius 3 is 3.00 bits per heavy atom. The molecule has 0 bridgehead atoms. The Kier molecular flexibility index (Phi) is 5.63. The molecule has 102 valence electrons. The van der Waals surface area contributed by atoms with Gasteiger partial charge in [0, 0.05) is 43.7 Å². The van der Waals surface area contributed by atoms with Crippen molar-refractivity contribution < 1.29 is 4.74 Å². The van der Waals surface area contributed by atoms with Crippen LogP contribution in [0, 0.1) is 0 Å². The summed E-state index contributed by atoms with van der Waals surface area (Å²) in [6.07, 6.45) is 2.72. The Morgan fingerprint density at radius 2 is 2.39 bits per heavy atom. The van der Waals surface area contributed by atoms with Crippen LogP contribution in [0.2, 0.25) is 0 Å². The molecule has 0 saturated heterocycles. The minimum atomic E-state index is 0.590. The monoisotopic (exact) mass is 268 g/mol. The van der Waals surface area contributed by atoms with Crippen LogP contribution in [-0.2, 0) is 11.3 Å². The Labute approximate surface area is 114 Å². The van der Waals surface area contributed by atoms with Crippen LogP contribution in [0.3, 0.4) is 0 Å². The molecule has 0 aliphatic heterocycles. The highest BCUT2D eigenvalue weighted by Gasteiger charge is 2.31. The van der Waals surface area contributed by atoms with Gasteiger partial charge >= 0.3 is 0 Å². The average Bonchev–Trinajstić information content (AvgIpc) is 3.06. The summed E-state index contributed by atoms with van der Waals surface area (Å²) in [5.74, 6) is 0. The molecule has 18 heavy (non-hydrogen) atoms. The van der Waals surface area contributed by atoms with Crippen molar-refractivity contribution in [2.45, 2.75) is 38.4 Å². The highest BCUT2D eigenvalue weighted by atomic mass is 32.1. The molecule has 0 aromatic carbocycles. The van der Waals surface area contributed by atoms with E-state index >= 15 is 0 Å². The molecular weight excluding hydrogens is 244 g/mol. The van der Waals surface area contributed by atoms with Gasteiger partial charge < -0.3 is 10.1 Å². The van der Waals surface area contributed by atoms with Gasteiger partial charge in [0.15, 0.2) is 0 Å². The van der Waals surface area contributed by atoms with E-state index in [-0.39, 0.29) is 0 Å². The van der Waals surface area contributed by atoms with Gasteiger partial charge in [-0.2, -0.15) is 0 Å². The maximum absolute atomic E-state index is 5.20. The Bertz CT molecular complexity index is 325. The van der Waals surface area contributed by atoms with E-state index in [4.69, 9.17) is 4.74 Å². The van der Waals surface area contributed by atoms with Gasteiger partial charge in [0.25, 0.3) is 0 Å². The molecule has 0 amide bonds. The number of nitrogens with one attached hydrogen (secondary N) is 1. The third-order valence-corrected chi connectivity index (χ3v) is 4.33. The fraction of sp³-hybridized carbons (Fsp3) is 0.714. The predicted octanol–water partition coefficient (Wildman–Crippen LogP) is 2.34. The van der Waals surface area contributed by atoms with E-state index in [1.54, 1.807) is 7.11 Å². The van der Waals surface area contributed by atoms with Crippen molar-refractivity contribution in [1.29, 1.82) is 0 Å². The van der Waals surface area contributed by atoms with Crippen LogP contribution in [0.4, 0.5) is 0 Å². The number of hydrogen-bond donors (Lipinski definition) is 1. The zero-order valence-corrected chi connectivity index (χ0v) is 12.2. The molecular formula is C14H24N2OS. The average molecular weight is 268 g/mol. The van der Waals surface area contributed by atoms with E-state index in [0.29, 0.717) is 6.04 Å². The number of hydrogen-bond acceptors (Lipinski definition) is 4. The summed E-state index contributed by atoms with van der Waals surface area (Å²) in [5, 5.41) is 5.69. The van der Waals surface area contributed by atoms with Crippen molar-refractivity contribution in [3.05, 3.63) is 22.4 Å². The predicted molar refractivity (Wildman–Crippen MR) is 77.1 cm³/mol. The second-order valence-electron chi connectivity index (χ2n) is 5.02. The lowest BCUT2D eigenvalue weighted by Crippen LogP contribution is -2.43. The number of thiophene rings is 1. The fourth-order valence-electron chi connectivity index (χ4n) is 2.30. The van der Waals surface area contributed by atoms with Crippen molar-refractivity contribution in [1.82, 2.24) is 10.2 Å². The van der Waals surface area contributed by atoms with Gasteiger partial charge in [0.05, 0.1) is 6.61 Å². The smallest absolute Gasteiger partial charge is 0.0589 e. The Balaban J connectivity index is 1.69. The van der Waals surface area contributed by atoms with E-state index in [1.807, 2.05) is 11.3 Å². The van der Waals surface area contributed by atoms with Crippen LogP contribution in [-0.4, -0.2) is 43.8 Å². The van der Waals surface area contributed by atoms with Gasteiger partial charge in [0.2, 0.25) is 0 Å². The molecule has 0 radical (unpaired) electrons. The third-order valence-electron chi connectivity index (χ3n) is 3.45. The van der Waals surface area contributed by atoms with Gasteiger partial charge in [0.1, 0.15) is 0 Å². The molecule has 1 fully saturated rings. The zero-order chi connectivity index (χ0) is 12.8. The number of ether oxygens (including phenoxy) is 1. The highest BCUT2D eigenvalue weighted by Crippen LogP contribution is 2.28. The van der Waals surface area contributed by atoms with Crippen molar-refractivity contribution in [2.24, 2.45) is 0 Å². The molecule has 0 spiro atoms. The summed E-state index contributed by atoms with van der Waals surface area (Å²) >= 11 is 1.82. The lowest BCUT2D eigenvalue weighted by molar-refractivity contribution is 0.118. The standard InChI is InChI=1S/C14H24N2OS/c1-12(10-15-11-14-4-3-9-18-14)16(7-8-17-2)13-5-6-13/h3-4,9,12-13,15H,5-8,10-11H2,1-2H3. The Morgan fingerprint density at radius 1 is 1.56 bits per heavy atom. The summed E-state index contributed by atoms with van der Waals surface area (Å²) in [7, 11) is 1.78. The van der Waals surface area contributed by atoms with Crippen molar-refractivity contribution in [3.63, 3.8) is 0 Å². The molecule has 1 heterocycles. The molecule has 1 unspecified atom stereocenters.